The minimum atomic E-state index is -1.04. The van der Waals surface area contributed by atoms with Crippen LogP contribution in [0.1, 0.15) is 13.3 Å². The van der Waals surface area contributed by atoms with Gasteiger partial charge in [0, 0.05) is 0 Å². The van der Waals surface area contributed by atoms with E-state index in [2.05, 4.69) is 0 Å². The Balaban J connectivity index is 2.17. The lowest BCUT2D eigenvalue weighted by molar-refractivity contribution is -0.163. The largest absolute Gasteiger partial charge is 0.466 e. The average molecular weight is 259 g/mol. The molecule has 0 bridgehead atoms. The molecule has 0 aromatic heterocycles. The predicted molar refractivity (Wildman–Crippen MR) is 58.0 cm³/mol. The molecule has 1 aliphatic carbocycles. The molecular weight excluding hydrogens is 242 g/mol. The Morgan fingerprint density at radius 1 is 1.33 bits per heavy atom. The van der Waals surface area contributed by atoms with Gasteiger partial charge in [-0.05, 0) is 13.3 Å². The molecule has 3 N–H and O–H groups in total. The second-order valence-electron chi connectivity index (χ2n) is 4.47. The van der Waals surface area contributed by atoms with Crippen molar-refractivity contribution in [2.45, 2.75) is 31.7 Å². The van der Waals surface area contributed by atoms with E-state index in [1.807, 2.05) is 0 Å². The summed E-state index contributed by atoms with van der Waals surface area (Å²) in [6.07, 6.45) is -2.19. The lowest BCUT2D eigenvalue weighted by atomic mass is 9.75. The van der Waals surface area contributed by atoms with Crippen molar-refractivity contribution in [2.75, 3.05) is 13.4 Å². The minimum Gasteiger partial charge on any atom is -0.466 e. The Morgan fingerprint density at radius 2 is 2.00 bits per heavy atom. The van der Waals surface area contributed by atoms with E-state index in [0.29, 0.717) is 0 Å². The molecule has 102 valence electrons. The van der Waals surface area contributed by atoms with E-state index >= 15 is 0 Å². The molecule has 1 saturated carbocycles. The number of fused-ring (bicyclic) bond motifs is 1. The zero-order valence-corrected chi connectivity index (χ0v) is 10.1. The van der Waals surface area contributed by atoms with Crippen LogP contribution in [0.25, 0.3) is 0 Å². The summed E-state index contributed by atoms with van der Waals surface area (Å²) in [6, 6.07) is 0. The molecule has 0 aromatic rings. The molecule has 7 nitrogen and oxygen atoms in total. The zero-order valence-electron chi connectivity index (χ0n) is 10.1. The van der Waals surface area contributed by atoms with Crippen LogP contribution in [0.2, 0.25) is 0 Å². The van der Waals surface area contributed by atoms with Crippen molar-refractivity contribution in [1.29, 1.82) is 0 Å². The molecule has 1 heterocycles. The fourth-order valence-electron chi connectivity index (χ4n) is 2.56. The van der Waals surface area contributed by atoms with Crippen molar-refractivity contribution in [3.63, 3.8) is 0 Å². The Labute approximate surface area is 104 Å². The van der Waals surface area contributed by atoms with Crippen LogP contribution in [0.5, 0.6) is 0 Å². The number of rotatable bonds is 3. The predicted octanol–water partition coefficient (Wildman–Crippen LogP) is -1.23. The molecule has 0 unspecified atom stereocenters. The van der Waals surface area contributed by atoms with Crippen LogP contribution in [0.3, 0.4) is 0 Å². The average Bonchev–Trinajstić information content (AvgIpc) is 2.78. The number of esters is 1. The third-order valence-electron chi connectivity index (χ3n) is 3.45. The van der Waals surface area contributed by atoms with Crippen LogP contribution in [-0.4, -0.2) is 48.7 Å². The Bertz CT molecular complexity index is 346. The molecule has 0 radical (unpaired) electrons. The van der Waals surface area contributed by atoms with Crippen LogP contribution in [0, 0.1) is 11.8 Å². The zero-order chi connectivity index (χ0) is 13.3. The fraction of sp³-hybridized carbons (Fsp3) is 0.818. The van der Waals surface area contributed by atoms with Crippen molar-refractivity contribution < 1.29 is 28.9 Å². The highest BCUT2D eigenvalue weighted by Gasteiger charge is 2.52. The number of ether oxygens (including phenoxy) is 3. The van der Waals surface area contributed by atoms with Gasteiger partial charge in [0.05, 0.1) is 24.5 Å². The Morgan fingerprint density at radius 3 is 2.61 bits per heavy atom. The molecule has 0 aromatic carbocycles. The maximum atomic E-state index is 11.7. The summed E-state index contributed by atoms with van der Waals surface area (Å²) < 4.78 is 15.4. The number of aliphatic hydroxyl groups excluding tert-OH is 1. The minimum absolute atomic E-state index is 0.00822. The van der Waals surface area contributed by atoms with Gasteiger partial charge in [0.2, 0.25) is 5.91 Å². The normalized spacial score (nSPS) is 39.1. The first-order chi connectivity index (χ1) is 8.56. The number of amides is 1. The monoisotopic (exact) mass is 259 g/mol. The van der Waals surface area contributed by atoms with Crippen molar-refractivity contribution in [3.8, 4) is 0 Å². The standard InChI is InChI=1S/C11H17NO6/c1-2-16-11(15)5-3-6(10(12)14)8-9(7(5)13)18-4-17-8/h5-9,13H,2-4H2,1H3,(H2,12,14)/t5-,6-,7+,8+,9-/m1/s1. The van der Waals surface area contributed by atoms with Gasteiger partial charge in [0.1, 0.15) is 19.0 Å². The summed E-state index contributed by atoms with van der Waals surface area (Å²) in [7, 11) is 0. The Hall–Kier alpha value is -1.18. The van der Waals surface area contributed by atoms with Gasteiger partial charge in [0.25, 0.3) is 0 Å². The van der Waals surface area contributed by atoms with Crippen LogP contribution >= 0.6 is 0 Å². The molecule has 7 heteroatoms. The van der Waals surface area contributed by atoms with Crippen LogP contribution < -0.4 is 5.73 Å². The maximum Gasteiger partial charge on any atom is 0.311 e. The van der Waals surface area contributed by atoms with Crippen molar-refractivity contribution in [3.05, 3.63) is 0 Å². The van der Waals surface area contributed by atoms with Crippen molar-refractivity contribution >= 4 is 11.9 Å². The second kappa shape index (κ2) is 5.21. The van der Waals surface area contributed by atoms with E-state index in [1.54, 1.807) is 6.92 Å². The third-order valence-corrected chi connectivity index (χ3v) is 3.45. The first-order valence-corrected chi connectivity index (χ1v) is 5.93. The topological polar surface area (TPSA) is 108 Å². The van der Waals surface area contributed by atoms with Gasteiger partial charge in [-0.1, -0.05) is 0 Å². The SMILES string of the molecule is CCOC(=O)[C@@H]1C[C@@H](C(N)=O)[C@@H]2OCO[C@@H]2[C@H]1O. The smallest absolute Gasteiger partial charge is 0.311 e. The van der Waals surface area contributed by atoms with E-state index < -0.39 is 42.0 Å². The van der Waals surface area contributed by atoms with Gasteiger partial charge in [-0.2, -0.15) is 0 Å². The summed E-state index contributed by atoms with van der Waals surface area (Å²) in [5.74, 6) is -2.54. The van der Waals surface area contributed by atoms with Crippen molar-refractivity contribution in [2.24, 2.45) is 17.6 Å². The van der Waals surface area contributed by atoms with Gasteiger partial charge in [-0.25, -0.2) is 0 Å². The van der Waals surface area contributed by atoms with E-state index in [1.165, 1.54) is 0 Å². The highest BCUT2D eigenvalue weighted by Crippen LogP contribution is 2.37. The summed E-state index contributed by atoms with van der Waals surface area (Å²) in [6.45, 7) is 1.89. The van der Waals surface area contributed by atoms with Gasteiger partial charge in [-0.15, -0.1) is 0 Å². The van der Waals surface area contributed by atoms with Gasteiger partial charge >= 0.3 is 5.97 Å². The highest BCUT2D eigenvalue weighted by atomic mass is 16.7. The molecule has 1 aliphatic heterocycles. The number of carbonyl (C=O) groups is 2. The molecule has 0 spiro atoms. The number of primary amides is 1. The number of hydrogen-bond acceptors (Lipinski definition) is 6. The molecule has 1 saturated heterocycles. The third kappa shape index (κ3) is 2.21. The lowest BCUT2D eigenvalue weighted by Crippen LogP contribution is -2.55. The summed E-state index contributed by atoms with van der Waals surface area (Å²) >= 11 is 0. The number of carbonyl (C=O) groups excluding carboxylic acids is 2. The quantitative estimate of drug-likeness (QED) is 0.615. The number of aliphatic hydroxyl groups is 1. The van der Waals surface area contributed by atoms with Crippen LogP contribution in [0.4, 0.5) is 0 Å². The Kier molecular flexibility index (Phi) is 3.84. The van der Waals surface area contributed by atoms with Gasteiger partial charge in [0.15, 0.2) is 0 Å². The molecular formula is C11H17NO6. The first-order valence-electron chi connectivity index (χ1n) is 5.93. The molecule has 2 aliphatic rings. The molecule has 2 fully saturated rings. The van der Waals surface area contributed by atoms with Gasteiger partial charge < -0.3 is 25.1 Å². The molecule has 18 heavy (non-hydrogen) atoms. The van der Waals surface area contributed by atoms with E-state index in [0.717, 1.165) is 0 Å². The van der Waals surface area contributed by atoms with E-state index in [-0.39, 0.29) is 19.8 Å². The van der Waals surface area contributed by atoms with E-state index in [4.69, 9.17) is 19.9 Å². The van der Waals surface area contributed by atoms with Gasteiger partial charge in [-0.3, -0.25) is 9.59 Å². The molecule has 2 rings (SSSR count). The highest BCUT2D eigenvalue weighted by molar-refractivity contribution is 5.80. The molecule has 5 atom stereocenters. The summed E-state index contributed by atoms with van der Waals surface area (Å²) in [4.78, 5) is 23.1. The second-order valence-corrected chi connectivity index (χ2v) is 4.47. The summed E-state index contributed by atoms with van der Waals surface area (Å²) in [5, 5.41) is 10.1. The van der Waals surface area contributed by atoms with E-state index in [9.17, 15) is 14.7 Å². The maximum absolute atomic E-state index is 11.7. The lowest BCUT2D eigenvalue weighted by Gasteiger charge is -2.37. The summed E-state index contributed by atoms with van der Waals surface area (Å²) in [5.41, 5.74) is 5.30. The molecule has 1 amide bonds. The van der Waals surface area contributed by atoms with Crippen molar-refractivity contribution in [1.82, 2.24) is 0 Å². The first kappa shape index (κ1) is 13.3. The van der Waals surface area contributed by atoms with Crippen LogP contribution in [0.15, 0.2) is 0 Å². The number of hydrogen-bond donors (Lipinski definition) is 2. The van der Waals surface area contributed by atoms with Crippen LogP contribution in [-0.2, 0) is 23.8 Å². The fourth-order valence-corrected chi connectivity index (χ4v) is 2.56. The number of nitrogens with two attached hydrogens (primary N) is 1.